The Morgan fingerprint density at radius 1 is 1.63 bits per heavy atom. The highest BCUT2D eigenvalue weighted by atomic mass is 35.5. The highest BCUT2D eigenvalue weighted by molar-refractivity contribution is 6.28. The summed E-state index contributed by atoms with van der Waals surface area (Å²) >= 11 is 5.71. The maximum Gasteiger partial charge on any atom is 0.224 e. The summed E-state index contributed by atoms with van der Waals surface area (Å²) < 4.78 is 5.33. The van der Waals surface area contributed by atoms with E-state index in [2.05, 4.69) is 27.3 Å². The van der Waals surface area contributed by atoms with Crippen molar-refractivity contribution in [1.29, 1.82) is 0 Å². The summed E-state index contributed by atoms with van der Waals surface area (Å²) in [7, 11) is 0. The van der Waals surface area contributed by atoms with Crippen LogP contribution in [0.1, 0.15) is 6.42 Å². The minimum atomic E-state index is 0.183. The molecule has 0 saturated carbocycles. The third-order valence-corrected chi connectivity index (χ3v) is 2.96. The molecule has 6 nitrogen and oxygen atoms in total. The average molecular weight is 282 g/mol. The SMILES string of the molecule is C=C(/C=C(\NN)C1CCOC1)Nc1ccnc(Cl)n1. The zero-order chi connectivity index (χ0) is 13.7. The Morgan fingerprint density at radius 2 is 2.47 bits per heavy atom. The molecule has 0 aromatic carbocycles. The van der Waals surface area contributed by atoms with Crippen molar-refractivity contribution < 1.29 is 4.74 Å². The smallest absolute Gasteiger partial charge is 0.224 e. The van der Waals surface area contributed by atoms with Gasteiger partial charge in [0, 0.05) is 30.1 Å². The van der Waals surface area contributed by atoms with Gasteiger partial charge in [-0.15, -0.1) is 0 Å². The Kier molecular flexibility index (Phi) is 4.73. The first-order valence-electron chi connectivity index (χ1n) is 5.89. The van der Waals surface area contributed by atoms with Gasteiger partial charge in [-0.05, 0) is 30.2 Å². The molecule has 1 aromatic heterocycles. The largest absolute Gasteiger partial charge is 0.381 e. The van der Waals surface area contributed by atoms with Crippen LogP contribution in [0.4, 0.5) is 5.82 Å². The van der Waals surface area contributed by atoms with Crippen molar-refractivity contribution in [3.63, 3.8) is 0 Å². The van der Waals surface area contributed by atoms with E-state index < -0.39 is 0 Å². The van der Waals surface area contributed by atoms with Crippen molar-refractivity contribution in [3.8, 4) is 0 Å². The number of nitrogens with two attached hydrogens (primary N) is 1. The number of hydrogen-bond acceptors (Lipinski definition) is 6. The van der Waals surface area contributed by atoms with E-state index in [1.165, 1.54) is 0 Å². The zero-order valence-corrected chi connectivity index (χ0v) is 11.2. The first-order chi connectivity index (χ1) is 9.19. The zero-order valence-electron chi connectivity index (χ0n) is 10.4. The number of hydrazine groups is 1. The molecule has 102 valence electrons. The van der Waals surface area contributed by atoms with Crippen molar-refractivity contribution in [2.45, 2.75) is 6.42 Å². The van der Waals surface area contributed by atoms with Crippen LogP contribution in [0.5, 0.6) is 0 Å². The van der Waals surface area contributed by atoms with Gasteiger partial charge in [0.25, 0.3) is 0 Å². The second kappa shape index (κ2) is 6.51. The normalized spacial score (nSPS) is 19.3. The van der Waals surface area contributed by atoms with E-state index in [1.807, 2.05) is 6.08 Å². The first kappa shape index (κ1) is 13.8. The highest BCUT2D eigenvalue weighted by Gasteiger charge is 2.19. The minimum Gasteiger partial charge on any atom is -0.381 e. The fraction of sp³-hybridized carbons (Fsp3) is 0.333. The molecular formula is C12H16ClN5O. The number of allylic oxidation sites excluding steroid dienone is 1. The molecule has 1 atom stereocenters. The number of ether oxygens (including phenoxy) is 1. The molecule has 1 fully saturated rings. The maximum absolute atomic E-state index is 5.71. The molecule has 1 saturated heterocycles. The third-order valence-electron chi connectivity index (χ3n) is 2.78. The van der Waals surface area contributed by atoms with Gasteiger partial charge < -0.3 is 15.5 Å². The molecule has 2 rings (SSSR count). The van der Waals surface area contributed by atoms with Gasteiger partial charge in [0.2, 0.25) is 5.28 Å². The van der Waals surface area contributed by atoms with Gasteiger partial charge in [0.1, 0.15) is 5.82 Å². The second-order valence-corrected chi connectivity index (χ2v) is 4.50. The van der Waals surface area contributed by atoms with Crippen LogP contribution in [0.3, 0.4) is 0 Å². The van der Waals surface area contributed by atoms with E-state index >= 15 is 0 Å². The van der Waals surface area contributed by atoms with E-state index in [0.29, 0.717) is 18.1 Å². The maximum atomic E-state index is 5.71. The lowest BCUT2D eigenvalue weighted by atomic mass is 10.0. The van der Waals surface area contributed by atoms with Gasteiger partial charge in [0.15, 0.2) is 0 Å². The van der Waals surface area contributed by atoms with Crippen molar-refractivity contribution in [1.82, 2.24) is 15.4 Å². The molecule has 0 spiro atoms. The fourth-order valence-electron chi connectivity index (χ4n) is 1.85. The Hall–Kier alpha value is -1.63. The molecule has 19 heavy (non-hydrogen) atoms. The van der Waals surface area contributed by atoms with Crippen molar-refractivity contribution >= 4 is 17.4 Å². The quantitative estimate of drug-likeness (QED) is 0.328. The Balaban J connectivity index is 2.02. The first-order valence-corrected chi connectivity index (χ1v) is 6.27. The molecule has 1 unspecified atom stereocenters. The standard InChI is InChI=1S/C12H16ClN5O/c1-8(16-11-2-4-15-12(13)17-11)6-10(18-14)9-3-5-19-7-9/h2,4,6,9,18H,1,3,5,7,14H2,(H,15,16,17)/b10-6-. The van der Waals surface area contributed by atoms with Crippen molar-refractivity contribution in [3.05, 3.63) is 41.6 Å². The highest BCUT2D eigenvalue weighted by Crippen LogP contribution is 2.20. The summed E-state index contributed by atoms with van der Waals surface area (Å²) in [5.41, 5.74) is 4.24. The van der Waals surface area contributed by atoms with Crippen LogP contribution in [-0.2, 0) is 4.74 Å². The molecule has 0 amide bonds. The molecular weight excluding hydrogens is 266 g/mol. The van der Waals surface area contributed by atoms with Gasteiger partial charge in [-0.25, -0.2) is 9.97 Å². The molecule has 2 heterocycles. The summed E-state index contributed by atoms with van der Waals surface area (Å²) in [4.78, 5) is 7.83. The Morgan fingerprint density at radius 3 is 3.11 bits per heavy atom. The molecule has 4 N–H and O–H groups in total. The molecule has 1 aliphatic heterocycles. The molecule has 1 aromatic rings. The average Bonchev–Trinajstić information content (AvgIpc) is 2.89. The summed E-state index contributed by atoms with van der Waals surface area (Å²) in [5, 5.41) is 3.21. The van der Waals surface area contributed by atoms with Crippen LogP contribution in [0.2, 0.25) is 5.28 Å². The lowest BCUT2D eigenvalue weighted by molar-refractivity contribution is 0.189. The number of nitrogens with zero attached hydrogens (tertiary/aromatic N) is 2. The number of anilines is 1. The third kappa shape index (κ3) is 3.92. The molecule has 7 heteroatoms. The number of halogens is 1. The van der Waals surface area contributed by atoms with Crippen molar-refractivity contribution in [2.24, 2.45) is 11.8 Å². The minimum absolute atomic E-state index is 0.183. The van der Waals surface area contributed by atoms with Gasteiger partial charge >= 0.3 is 0 Å². The molecule has 0 radical (unpaired) electrons. The monoisotopic (exact) mass is 281 g/mol. The van der Waals surface area contributed by atoms with Gasteiger partial charge in [-0.2, -0.15) is 0 Å². The van der Waals surface area contributed by atoms with Crippen LogP contribution in [0.15, 0.2) is 36.3 Å². The molecule has 0 aliphatic carbocycles. The van der Waals surface area contributed by atoms with E-state index in [0.717, 1.165) is 18.7 Å². The van der Waals surface area contributed by atoms with E-state index in [-0.39, 0.29) is 11.2 Å². The van der Waals surface area contributed by atoms with Crippen LogP contribution >= 0.6 is 11.6 Å². The summed E-state index contributed by atoms with van der Waals surface area (Å²) in [6.45, 7) is 5.34. The second-order valence-electron chi connectivity index (χ2n) is 4.17. The lowest BCUT2D eigenvalue weighted by Crippen LogP contribution is -2.27. The van der Waals surface area contributed by atoms with Crippen LogP contribution in [0.25, 0.3) is 0 Å². The van der Waals surface area contributed by atoms with E-state index in [1.54, 1.807) is 12.3 Å². The Labute approximate surface area is 116 Å². The topological polar surface area (TPSA) is 85.1 Å². The molecule has 0 bridgehead atoms. The molecule has 1 aliphatic rings. The van der Waals surface area contributed by atoms with E-state index in [4.69, 9.17) is 22.2 Å². The predicted octanol–water partition coefficient (Wildman–Crippen LogP) is 1.44. The van der Waals surface area contributed by atoms with Crippen LogP contribution < -0.4 is 16.6 Å². The fourth-order valence-corrected chi connectivity index (χ4v) is 2.00. The van der Waals surface area contributed by atoms with Gasteiger partial charge in [0.05, 0.1) is 6.61 Å². The Bertz CT molecular complexity index is 485. The number of hydrogen-bond donors (Lipinski definition) is 3. The number of aromatic nitrogens is 2. The van der Waals surface area contributed by atoms with Gasteiger partial charge in [-0.3, -0.25) is 5.84 Å². The number of nitrogens with one attached hydrogen (secondary N) is 2. The lowest BCUT2D eigenvalue weighted by Gasteiger charge is -2.14. The summed E-state index contributed by atoms with van der Waals surface area (Å²) in [6.07, 6.45) is 4.36. The summed E-state index contributed by atoms with van der Waals surface area (Å²) in [6, 6.07) is 1.71. The number of rotatable bonds is 5. The van der Waals surface area contributed by atoms with Crippen molar-refractivity contribution in [2.75, 3.05) is 18.5 Å². The van der Waals surface area contributed by atoms with Crippen LogP contribution in [-0.4, -0.2) is 23.2 Å². The van der Waals surface area contributed by atoms with Crippen LogP contribution in [0, 0.1) is 5.92 Å². The predicted molar refractivity (Wildman–Crippen MR) is 74.1 cm³/mol. The summed E-state index contributed by atoms with van der Waals surface area (Å²) in [5.74, 6) is 6.39. The van der Waals surface area contributed by atoms with Gasteiger partial charge in [-0.1, -0.05) is 6.58 Å². The van der Waals surface area contributed by atoms with E-state index in [9.17, 15) is 0 Å².